The van der Waals surface area contributed by atoms with Gasteiger partial charge in [0.25, 0.3) is 0 Å². The molecule has 5 N–H and O–H groups in total. The van der Waals surface area contributed by atoms with Gasteiger partial charge in [0.05, 0.1) is 31.6 Å². The van der Waals surface area contributed by atoms with Gasteiger partial charge in [0.1, 0.15) is 5.78 Å². The smallest absolute Gasteiger partial charge is 0.336 e. The van der Waals surface area contributed by atoms with E-state index in [0.717, 1.165) is 51.6 Å². The van der Waals surface area contributed by atoms with Crippen molar-refractivity contribution in [2.45, 2.75) is 130 Å². The van der Waals surface area contributed by atoms with Crippen molar-refractivity contribution in [2.75, 3.05) is 19.6 Å². The average molecular weight is 684 g/mol. The number of aliphatic hydroxyl groups is 2. The number of rotatable bonds is 13. The van der Waals surface area contributed by atoms with Crippen molar-refractivity contribution in [1.29, 1.82) is 0 Å². The highest BCUT2D eigenvalue weighted by Crippen LogP contribution is 2.67. The lowest BCUT2D eigenvalue weighted by Gasteiger charge is -2.62. The molecular formula is C35H57NO12. The van der Waals surface area contributed by atoms with Crippen LogP contribution in [0.5, 0.6) is 0 Å². The van der Waals surface area contributed by atoms with Gasteiger partial charge in [-0.15, -0.1) is 0 Å². The fourth-order valence-electron chi connectivity index (χ4n) is 9.96. The molecule has 274 valence electrons. The maximum atomic E-state index is 12.5. The number of nitrogens with zero attached hydrogens (tertiary/aromatic N) is 1. The number of hydrogen-bond donors (Lipinski definition) is 5. The third kappa shape index (κ3) is 8.57. The largest absolute Gasteiger partial charge is 0.481 e. The van der Waals surface area contributed by atoms with Crippen molar-refractivity contribution in [2.24, 2.45) is 40.4 Å². The lowest BCUT2D eigenvalue weighted by atomic mass is 9.44. The number of aliphatic carboxylic acids is 3. The number of ketones is 1. The van der Waals surface area contributed by atoms with Gasteiger partial charge < -0.3 is 35.0 Å². The van der Waals surface area contributed by atoms with Crippen LogP contribution in [-0.4, -0.2) is 104 Å². The number of likely N-dealkylation sites (N-methyl/N-ethyl adjacent to an activating group) is 1. The first-order valence-electron chi connectivity index (χ1n) is 17.5. The number of ether oxygens (including phenoxy) is 2. The van der Waals surface area contributed by atoms with Gasteiger partial charge in [-0.3, -0.25) is 24.1 Å². The van der Waals surface area contributed by atoms with Crippen LogP contribution in [0.4, 0.5) is 0 Å². The van der Waals surface area contributed by atoms with Crippen molar-refractivity contribution in [3.05, 3.63) is 0 Å². The normalized spacial score (nSPS) is 34.8. The fourth-order valence-corrected chi connectivity index (χ4v) is 9.96. The van der Waals surface area contributed by atoms with Crippen LogP contribution in [0.25, 0.3) is 0 Å². The number of esters is 1. The number of aliphatic hydroxyl groups excluding tert-OH is 1. The Labute approximate surface area is 283 Å². The van der Waals surface area contributed by atoms with E-state index in [4.69, 9.17) is 29.9 Å². The number of carboxylic acids is 3. The molecule has 0 aliphatic heterocycles. The first-order chi connectivity index (χ1) is 22.3. The summed E-state index contributed by atoms with van der Waals surface area (Å²) in [5.74, 6) is -2.53. The Morgan fingerprint density at radius 2 is 1.50 bits per heavy atom. The van der Waals surface area contributed by atoms with Crippen LogP contribution in [0.15, 0.2) is 0 Å². The second-order valence-electron chi connectivity index (χ2n) is 15.0. The molecule has 13 nitrogen and oxygen atoms in total. The Morgan fingerprint density at radius 1 is 0.896 bits per heavy atom. The third-order valence-electron chi connectivity index (χ3n) is 12.4. The molecule has 0 radical (unpaired) electrons. The molecule has 0 aromatic heterocycles. The van der Waals surface area contributed by atoms with Crippen LogP contribution in [0.3, 0.4) is 0 Å². The summed E-state index contributed by atoms with van der Waals surface area (Å²) in [7, 11) is 0. The van der Waals surface area contributed by atoms with E-state index in [1.165, 1.54) is 6.42 Å². The monoisotopic (exact) mass is 683 g/mol. The van der Waals surface area contributed by atoms with Crippen LogP contribution in [-0.2, 0) is 33.4 Å². The first kappa shape index (κ1) is 39.8. The Morgan fingerprint density at radius 3 is 2.02 bits per heavy atom. The van der Waals surface area contributed by atoms with E-state index in [-0.39, 0.29) is 41.5 Å². The predicted octanol–water partition coefficient (Wildman–Crippen LogP) is 3.57. The molecule has 0 saturated heterocycles. The van der Waals surface area contributed by atoms with E-state index in [1.807, 2.05) is 25.7 Å². The van der Waals surface area contributed by atoms with Crippen molar-refractivity contribution in [1.82, 2.24) is 4.90 Å². The van der Waals surface area contributed by atoms with Gasteiger partial charge in [0.15, 0.2) is 11.9 Å². The molecule has 0 aromatic carbocycles. The van der Waals surface area contributed by atoms with Crippen LogP contribution in [0, 0.1) is 40.4 Å². The number of hydrogen-bond acceptors (Lipinski definition) is 10. The maximum absolute atomic E-state index is 12.5. The quantitative estimate of drug-likeness (QED) is 0.139. The highest BCUT2D eigenvalue weighted by atomic mass is 16.7. The molecule has 0 amide bonds. The first-order valence-corrected chi connectivity index (χ1v) is 17.5. The number of carbonyl (C=O) groups excluding carboxylic acids is 2. The molecule has 0 heterocycles. The Bertz CT molecular complexity index is 1170. The number of carboxylic acid groups (broad SMARTS) is 3. The minimum absolute atomic E-state index is 0.0443. The van der Waals surface area contributed by atoms with Gasteiger partial charge in [-0.25, -0.2) is 4.79 Å². The summed E-state index contributed by atoms with van der Waals surface area (Å²) in [5.41, 5.74) is -2.65. The van der Waals surface area contributed by atoms with Crippen LogP contribution in [0.1, 0.15) is 106 Å². The summed E-state index contributed by atoms with van der Waals surface area (Å²) in [6, 6.07) is 0. The molecular weight excluding hydrogens is 626 g/mol. The number of carbonyl (C=O) groups is 5. The summed E-state index contributed by atoms with van der Waals surface area (Å²) >= 11 is 0. The van der Waals surface area contributed by atoms with E-state index >= 15 is 0 Å². The van der Waals surface area contributed by atoms with Gasteiger partial charge in [-0.05, 0) is 101 Å². The number of Topliss-reactive ketones (excluding diaryl/α,β-unsaturated/α-hetero) is 1. The van der Waals surface area contributed by atoms with E-state index in [1.54, 1.807) is 6.92 Å². The second kappa shape index (κ2) is 15.9. The summed E-state index contributed by atoms with van der Waals surface area (Å²) < 4.78 is 12.2. The molecule has 4 aliphatic carbocycles. The molecule has 13 heteroatoms. The van der Waals surface area contributed by atoms with Crippen molar-refractivity contribution in [3.63, 3.8) is 0 Å². The average Bonchev–Trinajstić information content (AvgIpc) is 3.33. The molecule has 0 spiro atoms. The topological polar surface area (TPSA) is 208 Å². The molecule has 10 atom stereocenters. The Hall–Kier alpha value is -2.61. The summed E-state index contributed by atoms with van der Waals surface area (Å²) in [4.78, 5) is 57.5. The predicted molar refractivity (Wildman–Crippen MR) is 173 cm³/mol. The van der Waals surface area contributed by atoms with Gasteiger partial charge in [0, 0.05) is 17.8 Å². The van der Waals surface area contributed by atoms with Gasteiger partial charge >= 0.3 is 23.9 Å². The minimum atomic E-state index is -2.74. The third-order valence-corrected chi connectivity index (χ3v) is 12.4. The Kier molecular flexibility index (Phi) is 13.2. The van der Waals surface area contributed by atoms with E-state index in [2.05, 4.69) is 13.8 Å². The zero-order valence-electron chi connectivity index (χ0n) is 29.4. The molecule has 4 fully saturated rings. The van der Waals surface area contributed by atoms with Crippen LogP contribution < -0.4 is 0 Å². The molecule has 4 aliphatic rings. The van der Waals surface area contributed by atoms with E-state index < -0.39 is 42.6 Å². The van der Waals surface area contributed by atoms with Crippen molar-refractivity contribution < 1.29 is 59.0 Å². The van der Waals surface area contributed by atoms with Gasteiger partial charge in [-0.1, -0.05) is 27.7 Å². The van der Waals surface area contributed by atoms with E-state index in [9.17, 15) is 29.1 Å². The SMILES string of the molecule is CCN(CC)CC(=O)OC(C)OC1C[C@@H](O)C[C@@H]2CC[C@H]3[C@@H]4CC[C@H](C(C)=O)[C@@]4(C)CC[C@@H]3[C@@]12C.O=C(O)CC(O)(CC(=O)O)C(=O)O. The standard InChI is InChI=1S/C29H49NO5.C6H8O7/c1-7-30(8-2)17-27(33)35-19(4)34-26-16-21(32)15-20-9-10-22-24-12-11-23(18(3)31)28(24,5)14-13-25(22)29(20,26)6;7-3(8)1-6(13,5(11)12)2-4(9)10/h19-26,32H,7-17H2,1-6H3;13H,1-2H2,(H,7,8)(H,9,10)(H,11,12)/t19?,20-,21-,22-,23+,24-,25-,26?,28+,29-;/m0./s1. The second-order valence-corrected chi connectivity index (χ2v) is 15.0. The minimum Gasteiger partial charge on any atom is -0.481 e. The molecule has 0 aromatic rings. The zero-order chi connectivity index (χ0) is 36.2. The van der Waals surface area contributed by atoms with Crippen LogP contribution >= 0.6 is 0 Å². The highest BCUT2D eigenvalue weighted by Gasteiger charge is 2.63. The Balaban J connectivity index is 0.000000408. The summed E-state index contributed by atoms with van der Waals surface area (Å²) in [6.07, 6.45) is 4.78. The summed E-state index contributed by atoms with van der Waals surface area (Å²) in [6.45, 7) is 14.4. The molecule has 4 rings (SSSR count). The van der Waals surface area contributed by atoms with Gasteiger partial charge in [-0.2, -0.15) is 0 Å². The molecule has 48 heavy (non-hydrogen) atoms. The summed E-state index contributed by atoms with van der Waals surface area (Å²) in [5, 5.41) is 44.6. The van der Waals surface area contributed by atoms with Gasteiger partial charge in [0.2, 0.25) is 0 Å². The lowest BCUT2D eigenvalue weighted by molar-refractivity contribution is -0.246. The maximum Gasteiger partial charge on any atom is 0.336 e. The van der Waals surface area contributed by atoms with Crippen LogP contribution in [0.2, 0.25) is 0 Å². The number of fused-ring (bicyclic) bond motifs is 5. The molecule has 0 bridgehead atoms. The molecule has 2 unspecified atom stereocenters. The zero-order valence-corrected chi connectivity index (χ0v) is 29.4. The van der Waals surface area contributed by atoms with E-state index in [0.29, 0.717) is 35.9 Å². The van der Waals surface area contributed by atoms with Crippen molar-refractivity contribution >= 4 is 29.7 Å². The lowest BCUT2D eigenvalue weighted by Crippen LogP contribution is -2.60. The highest BCUT2D eigenvalue weighted by molar-refractivity contribution is 5.88. The fraction of sp³-hybridized carbons (Fsp3) is 0.857. The van der Waals surface area contributed by atoms with Crippen molar-refractivity contribution in [3.8, 4) is 0 Å². The molecule has 4 saturated carbocycles.